The Kier molecular flexibility index (Phi) is 6.04. The van der Waals surface area contributed by atoms with Gasteiger partial charge in [-0.25, -0.2) is 9.59 Å². The van der Waals surface area contributed by atoms with Gasteiger partial charge >= 0.3 is 0 Å². The van der Waals surface area contributed by atoms with Crippen molar-refractivity contribution in [3.8, 4) is 0 Å². The van der Waals surface area contributed by atoms with Crippen LogP contribution in [0.15, 0.2) is 10.1 Å². The fourth-order valence-electron chi connectivity index (χ4n) is 0.757. The first-order valence-corrected chi connectivity index (χ1v) is 3.84. The molecule has 15 heavy (non-hydrogen) atoms. The number of hydrogen-bond donors (Lipinski definition) is 2. The number of hydrazone groups is 1. The van der Waals surface area contributed by atoms with Crippen molar-refractivity contribution in [2.24, 2.45) is 15.8 Å². The lowest BCUT2D eigenvalue weighted by Gasteiger charge is -2.08. The number of rotatable bonds is 6. The van der Waals surface area contributed by atoms with E-state index in [0.717, 1.165) is 12.2 Å². The van der Waals surface area contributed by atoms with Crippen LogP contribution in [0.2, 0.25) is 0 Å². The van der Waals surface area contributed by atoms with Crippen LogP contribution < -0.4 is 11.2 Å². The zero-order valence-corrected chi connectivity index (χ0v) is 7.60. The molecule has 1 atom stereocenters. The number of isocyanates is 2. The molecule has 0 aromatic rings. The van der Waals surface area contributed by atoms with Crippen molar-refractivity contribution < 1.29 is 19.2 Å². The lowest BCUT2D eigenvalue weighted by Crippen LogP contribution is -2.33. The zero-order chi connectivity index (χ0) is 11.7. The number of carbonyl (C=O) groups excluding carboxylic acids is 4. The van der Waals surface area contributed by atoms with Gasteiger partial charge in [0.05, 0.1) is 0 Å². The van der Waals surface area contributed by atoms with E-state index in [1.807, 2.05) is 0 Å². The van der Waals surface area contributed by atoms with Crippen LogP contribution in [0.1, 0.15) is 12.8 Å². The van der Waals surface area contributed by atoms with Crippen LogP contribution in [0, 0.1) is 0 Å². The standard InChI is InChI=1S/C7H8N4O4/c8-6(14)2-1-5(11-10-4-13)7(15)9-3-12/h5,11H,1-2H2,(H2,8,14)/t5-/m0/s1. The molecule has 8 heteroatoms. The first kappa shape index (κ1) is 12.7. The average Bonchev–Trinajstić information content (AvgIpc) is 2.17. The summed E-state index contributed by atoms with van der Waals surface area (Å²) in [6, 6.07) is -1.06. The molecule has 0 saturated carbocycles. The van der Waals surface area contributed by atoms with Gasteiger partial charge in [-0.15, -0.1) is 4.99 Å². The molecular formula is C7H8N4O4. The third-order valence-corrected chi connectivity index (χ3v) is 1.40. The summed E-state index contributed by atoms with van der Waals surface area (Å²) in [5.74, 6) is -1.51. The summed E-state index contributed by atoms with van der Waals surface area (Å²) in [6.45, 7) is 0. The predicted octanol–water partition coefficient (Wildman–Crippen LogP) is -1.68. The monoisotopic (exact) mass is 212 g/mol. The fourth-order valence-corrected chi connectivity index (χ4v) is 0.757. The van der Waals surface area contributed by atoms with Crippen molar-refractivity contribution in [1.29, 1.82) is 0 Å². The Morgan fingerprint density at radius 1 is 1.33 bits per heavy atom. The van der Waals surface area contributed by atoms with E-state index in [0.29, 0.717) is 0 Å². The number of aliphatic imine (C=N–C) groups is 1. The Morgan fingerprint density at radius 3 is 2.47 bits per heavy atom. The summed E-state index contributed by atoms with van der Waals surface area (Å²) >= 11 is 0. The Morgan fingerprint density at radius 2 is 2.00 bits per heavy atom. The third kappa shape index (κ3) is 5.87. The normalized spacial score (nSPS) is 10.4. The van der Waals surface area contributed by atoms with Crippen LogP contribution in [0.5, 0.6) is 0 Å². The molecule has 0 aliphatic rings. The number of nitrogens with two attached hydrogens (primary N) is 1. The van der Waals surface area contributed by atoms with Gasteiger partial charge < -0.3 is 5.73 Å². The zero-order valence-electron chi connectivity index (χ0n) is 7.60. The number of carbonyl (C=O) groups is 2. The molecule has 0 aliphatic heterocycles. The second-order valence-electron chi connectivity index (χ2n) is 2.43. The van der Waals surface area contributed by atoms with Gasteiger partial charge in [0.1, 0.15) is 6.04 Å². The van der Waals surface area contributed by atoms with E-state index >= 15 is 0 Å². The number of primary amides is 1. The van der Waals surface area contributed by atoms with Crippen molar-refractivity contribution in [3.63, 3.8) is 0 Å². The van der Waals surface area contributed by atoms with Crippen molar-refractivity contribution >= 4 is 24.0 Å². The summed E-state index contributed by atoms with van der Waals surface area (Å²) in [7, 11) is 0. The summed E-state index contributed by atoms with van der Waals surface area (Å²) in [5.41, 5.74) is 6.93. The van der Waals surface area contributed by atoms with Crippen LogP contribution in [0.25, 0.3) is 0 Å². The minimum Gasteiger partial charge on any atom is -0.370 e. The van der Waals surface area contributed by atoms with E-state index in [-0.39, 0.29) is 12.8 Å². The Labute approximate surface area is 84.2 Å². The van der Waals surface area contributed by atoms with E-state index in [2.05, 4.69) is 15.5 Å². The van der Waals surface area contributed by atoms with Crippen molar-refractivity contribution in [1.82, 2.24) is 5.43 Å². The highest BCUT2D eigenvalue weighted by Crippen LogP contribution is 1.99. The van der Waals surface area contributed by atoms with Crippen LogP contribution in [0.3, 0.4) is 0 Å². The Balaban J connectivity index is 4.41. The molecule has 0 aromatic carbocycles. The minimum atomic E-state index is -1.06. The highest BCUT2D eigenvalue weighted by atomic mass is 16.2. The second kappa shape index (κ2) is 7.14. The van der Waals surface area contributed by atoms with Crippen LogP contribution in [-0.2, 0) is 19.2 Å². The summed E-state index contributed by atoms with van der Waals surface area (Å²) < 4.78 is 0. The van der Waals surface area contributed by atoms with Gasteiger partial charge in [0.2, 0.25) is 12.0 Å². The molecule has 3 N–H and O–H groups in total. The predicted molar refractivity (Wildman–Crippen MR) is 46.6 cm³/mol. The van der Waals surface area contributed by atoms with Crippen molar-refractivity contribution in [2.45, 2.75) is 18.9 Å². The molecule has 0 bridgehead atoms. The molecule has 0 fully saturated rings. The summed E-state index contributed by atoms with van der Waals surface area (Å²) in [5, 5.41) is 2.94. The van der Waals surface area contributed by atoms with Crippen molar-refractivity contribution in [3.05, 3.63) is 0 Å². The fraction of sp³-hybridized carbons (Fsp3) is 0.429. The van der Waals surface area contributed by atoms with Crippen molar-refractivity contribution in [2.75, 3.05) is 0 Å². The van der Waals surface area contributed by atoms with E-state index in [4.69, 9.17) is 5.73 Å². The highest BCUT2D eigenvalue weighted by molar-refractivity contribution is 5.87. The molecule has 0 saturated heterocycles. The number of nitrogens with zero attached hydrogens (tertiary/aromatic N) is 2. The van der Waals surface area contributed by atoms with Gasteiger partial charge in [-0.05, 0) is 6.42 Å². The Hall–Kier alpha value is -2.30. The first-order valence-electron chi connectivity index (χ1n) is 3.84. The van der Waals surface area contributed by atoms with Crippen LogP contribution in [0.4, 0.5) is 0 Å². The maximum Gasteiger partial charge on any atom is 0.280 e. The maximum atomic E-state index is 11.0. The SMILES string of the molecule is NC(=O)CC[C@H](NN=C=O)C(=O)N=C=O. The highest BCUT2D eigenvalue weighted by Gasteiger charge is 2.17. The molecule has 0 heterocycles. The van der Waals surface area contributed by atoms with E-state index in [1.54, 1.807) is 0 Å². The molecule has 0 spiro atoms. The lowest BCUT2D eigenvalue weighted by atomic mass is 10.1. The molecule has 0 aromatic heterocycles. The minimum absolute atomic E-state index is 0.0233. The quantitative estimate of drug-likeness (QED) is 0.308. The van der Waals surface area contributed by atoms with Crippen LogP contribution >= 0.6 is 0 Å². The second-order valence-corrected chi connectivity index (χ2v) is 2.43. The van der Waals surface area contributed by atoms with Gasteiger partial charge in [0, 0.05) is 6.42 Å². The smallest absolute Gasteiger partial charge is 0.280 e. The lowest BCUT2D eigenvalue weighted by molar-refractivity contribution is -0.120. The van der Waals surface area contributed by atoms with E-state index in [9.17, 15) is 19.2 Å². The molecule has 0 unspecified atom stereocenters. The third-order valence-electron chi connectivity index (χ3n) is 1.40. The van der Waals surface area contributed by atoms with Crippen LogP contribution in [-0.4, -0.2) is 30.0 Å². The molecule has 2 amide bonds. The van der Waals surface area contributed by atoms with E-state index in [1.165, 1.54) is 0 Å². The number of amides is 2. The molecule has 0 aliphatic carbocycles. The van der Waals surface area contributed by atoms with Gasteiger partial charge in [0.15, 0.2) is 0 Å². The first-order chi connectivity index (χ1) is 7.11. The summed E-state index contributed by atoms with van der Waals surface area (Å²) in [6.07, 6.45) is 2.05. The van der Waals surface area contributed by atoms with E-state index < -0.39 is 17.9 Å². The van der Waals surface area contributed by atoms with Gasteiger partial charge in [-0.2, -0.15) is 0 Å². The summed E-state index contributed by atoms with van der Waals surface area (Å²) in [4.78, 5) is 43.8. The molecule has 0 rings (SSSR count). The number of nitrogens with one attached hydrogen (secondary N) is 1. The molecule has 8 nitrogen and oxygen atoms in total. The molecule has 0 radical (unpaired) electrons. The topological polar surface area (TPSA) is 131 Å². The van der Waals surface area contributed by atoms with Gasteiger partial charge in [-0.3, -0.25) is 15.0 Å². The molecular weight excluding hydrogens is 204 g/mol. The van der Waals surface area contributed by atoms with Gasteiger partial charge in [-0.1, -0.05) is 5.10 Å². The molecule has 80 valence electrons. The number of hydrogen-bond acceptors (Lipinski definition) is 6. The largest absolute Gasteiger partial charge is 0.370 e. The Bertz CT molecular complexity index is 341. The van der Waals surface area contributed by atoms with Gasteiger partial charge in [0.25, 0.3) is 12.0 Å². The average molecular weight is 212 g/mol. The maximum absolute atomic E-state index is 11.0.